The fraction of sp³-hybridized carbons (Fsp3) is 0.857. The van der Waals surface area contributed by atoms with Gasteiger partial charge in [-0.1, -0.05) is 11.8 Å². The maximum absolute atomic E-state index is 5.40. The summed E-state index contributed by atoms with van der Waals surface area (Å²) in [7, 11) is 0. The molecule has 1 rings (SSSR count). The number of rotatable bonds is 2. The predicted molar refractivity (Wildman–Crippen MR) is 53.4 cm³/mol. The molecule has 0 saturated carbocycles. The molecule has 1 unspecified atom stereocenters. The highest BCUT2D eigenvalue weighted by molar-refractivity contribution is 8.38. The fourth-order valence-corrected chi connectivity index (χ4v) is 2.52. The Kier molecular flexibility index (Phi) is 4.33. The van der Waals surface area contributed by atoms with E-state index >= 15 is 0 Å². The average Bonchev–Trinajstić information content (AvgIpc) is 2.06. The van der Waals surface area contributed by atoms with Crippen molar-refractivity contribution in [2.24, 2.45) is 4.99 Å². The van der Waals surface area contributed by atoms with E-state index in [2.05, 4.69) is 11.2 Å². The molecule has 64 valence electrons. The van der Waals surface area contributed by atoms with Crippen LogP contribution in [0.5, 0.6) is 0 Å². The molecule has 4 heteroatoms. The third-order valence-electron chi connectivity index (χ3n) is 1.37. The van der Waals surface area contributed by atoms with E-state index in [0.29, 0.717) is 0 Å². The zero-order valence-corrected chi connectivity index (χ0v) is 8.50. The number of thioether (sulfide) groups is 2. The van der Waals surface area contributed by atoms with Crippen LogP contribution in [-0.2, 0) is 4.74 Å². The molecular weight excluding hydrogens is 178 g/mol. The van der Waals surface area contributed by atoms with E-state index in [9.17, 15) is 0 Å². The van der Waals surface area contributed by atoms with Crippen molar-refractivity contribution in [2.75, 3.05) is 18.6 Å². The number of nitrogens with zero attached hydrogens (tertiary/aromatic N) is 1. The molecule has 0 bridgehead atoms. The topological polar surface area (TPSA) is 21.6 Å². The minimum atomic E-state index is 0.128. The Morgan fingerprint density at radius 1 is 1.82 bits per heavy atom. The molecule has 0 aromatic carbocycles. The van der Waals surface area contributed by atoms with Crippen molar-refractivity contribution < 1.29 is 4.74 Å². The quantitative estimate of drug-likeness (QED) is 0.668. The fourth-order valence-electron chi connectivity index (χ4n) is 0.891. The lowest BCUT2D eigenvalue weighted by molar-refractivity contribution is 0.0677. The summed E-state index contributed by atoms with van der Waals surface area (Å²) in [4.78, 5) is 4.41. The van der Waals surface area contributed by atoms with Gasteiger partial charge >= 0.3 is 0 Å². The van der Waals surface area contributed by atoms with Gasteiger partial charge in [0, 0.05) is 18.8 Å². The molecule has 0 saturated heterocycles. The molecule has 0 radical (unpaired) electrons. The van der Waals surface area contributed by atoms with Gasteiger partial charge < -0.3 is 4.74 Å². The van der Waals surface area contributed by atoms with Crippen LogP contribution in [0.3, 0.4) is 0 Å². The van der Waals surface area contributed by atoms with Crippen molar-refractivity contribution in [3.05, 3.63) is 0 Å². The first-order valence-electron chi connectivity index (χ1n) is 3.73. The molecule has 1 heterocycles. The average molecular weight is 191 g/mol. The van der Waals surface area contributed by atoms with E-state index in [1.165, 1.54) is 0 Å². The maximum Gasteiger partial charge on any atom is 0.151 e. The number of hydrogen-bond donors (Lipinski definition) is 0. The summed E-state index contributed by atoms with van der Waals surface area (Å²) in [5, 5.41) is 0. The second-order valence-electron chi connectivity index (χ2n) is 2.15. The summed E-state index contributed by atoms with van der Waals surface area (Å²) in [6.07, 6.45) is 3.24. The third kappa shape index (κ3) is 3.05. The Morgan fingerprint density at radius 3 is 3.27 bits per heavy atom. The summed E-state index contributed by atoms with van der Waals surface area (Å²) in [5.41, 5.74) is 0. The summed E-state index contributed by atoms with van der Waals surface area (Å²) in [5.74, 6) is 1.14. The molecule has 1 aliphatic rings. The molecule has 2 nitrogen and oxygen atoms in total. The van der Waals surface area contributed by atoms with Gasteiger partial charge in [-0.25, -0.2) is 4.99 Å². The van der Waals surface area contributed by atoms with Crippen LogP contribution in [0.2, 0.25) is 0 Å². The van der Waals surface area contributed by atoms with Gasteiger partial charge in [0.1, 0.15) is 4.38 Å². The highest BCUT2D eigenvalue weighted by atomic mass is 32.2. The third-order valence-corrected chi connectivity index (χ3v) is 3.47. The predicted octanol–water partition coefficient (Wildman–Crippen LogP) is 2.20. The SMILES string of the molecule is CCOC1CCSC(SC)=N1. The number of aliphatic imine (C=N–C) groups is 1. The molecule has 11 heavy (non-hydrogen) atoms. The number of hydrogen-bond acceptors (Lipinski definition) is 4. The lowest BCUT2D eigenvalue weighted by atomic mass is 10.4. The van der Waals surface area contributed by atoms with E-state index < -0.39 is 0 Å². The van der Waals surface area contributed by atoms with Crippen molar-refractivity contribution in [3.63, 3.8) is 0 Å². The van der Waals surface area contributed by atoms with Gasteiger partial charge in [0.2, 0.25) is 0 Å². The molecule has 0 amide bonds. The first kappa shape index (κ1) is 9.42. The van der Waals surface area contributed by atoms with E-state index in [4.69, 9.17) is 4.74 Å². The van der Waals surface area contributed by atoms with E-state index in [1.54, 1.807) is 11.8 Å². The minimum absolute atomic E-state index is 0.128. The molecule has 0 N–H and O–H groups in total. The Morgan fingerprint density at radius 2 is 2.64 bits per heavy atom. The molecule has 1 aliphatic heterocycles. The van der Waals surface area contributed by atoms with Crippen LogP contribution in [0.15, 0.2) is 4.99 Å². The van der Waals surface area contributed by atoms with Gasteiger partial charge in [0.05, 0.1) is 0 Å². The highest BCUT2D eigenvalue weighted by Crippen LogP contribution is 2.23. The second kappa shape index (κ2) is 5.06. The van der Waals surface area contributed by atoms with Crippen LogP contribution in [0, 0.1) is 0 Å². The summed E-state index contributed by atoms with van der Waals surface area (Å²) < 4.78 is 6.56. The molecule has 0 aliphatic carbocycles. The smallest absolute Gasteiger partial charge is 0.151 e. The van der Waals surface area contributed by atoms with Crippen LogP contribution in [0.4, 0.5) is 0 Å². The summed E-state index contributed by atoms with van der Waals surface area (Å²) >= 11 is 3.53. The van der Waals surface area contributed by atoms with Crippen LogP contribution >= 0.6 is 23.5 Å². The molecule has 0 fully saturated rings. The van der Waals surface area contributed by atoms with Crippen molar-refractivity contribution in [1.29, 1.82) is 0 Å². The highest BCUT2D eigenvalue weighted by Gasteiger charge is 2.14. The maximum atomic E-state index is 5.40. The minimum Gasteiger partial charge on any atom is -0.357 e. The second-order valence-corrected chi connectivity index (χ2v) is 4.28. The van der Waals surface area contributed by atoms with Gasteiger partial charge in [-0.05, 0) is 13.2 Å². The molecule has 0 spiro atoms. The standard InChI is InChI=1S/C7H13NOS2/c1-3-9-6-4-5-11-7(8-6)10-2/h6H,3-5H2,1-2H3. The van der Waals surface area contributed by atoms with Crippen LogP contribution in [0.1, 0.15) is 13.3 Å². The van der Waals surface area contributed by atoms with Gasteiger partial charge in [-0.15, -0.1) is 11.8 Å². The van der Waals surface area contributed by atoms with E-state index in [1.807, 2.05) is 18.7 Å². The Labute approximate surface area is 76.2 Å². The van der Waals surface area contributed by atoms with Gasteiger partial charge in [0.15, 0.2) is 6.23 Å². The lowest BCUT2D eigenvalue weighted by Gasteiger charge is -2.18. The summed E-state index contributed by atoms with van der Waals surface area (Å²) in [6.45, 7) is 2.77. The zero-order valence-electron chi connectivity index (χ0n) is 6.87. The van der Waals surface area contributed by atoms with Crippen LogP contribution < -0.4 is 0 Å². The van der Waals surface area contributed by atoms with E-state index in [-0.39, 0.29) is 6.23 Å². The van der Waals surface area contributed by atoms with Crippen molar-refractivity contribution in [3.8, 4) is 0 Å². The zero-order chi connectivity index (χ0) is 8.10. The molecule has 0 aromatic rings. The van der Waals surface area contributed by atoms with Crippen molar-refractivity contribution in [1.82, 2.24) is 0 Å². The van der Waals surface area contributed by atoms with Gasteiger partial charge in [-0.2, -0.15) is 0 Å². The van der Waals surface area contributed by atoms with Crippen molar-refractivity contribution >= 4 is 27.9 Å². The van der Waals surface area contributed by atoms with Crippen LogP contribution in [0.25, 0.3) is 0 Å². The largest absolute Gasteiger partial charge is 0.357 e. The first-order chi connectivity index (χ1) is 5.36. The monoisotopic (exact) mass is 191 g/mol. The molecular formula is C7H13NOS2. The normalized spacial score (nSPS) is 24.9. The van der Waals surface area contributed by atoms with Gasteiger partial charge in [-0.3, -0.25) is 0 Å². The molecule has 1 atom stereocenters. The van der Waals surface area contributed by atoms with Crippen LogP contribution in [-0.4, -0.2) is 29.2 Å². The Bertz CT molecular complexity index is 149. The Hall–Kier alpha value is 0.330. The summed E-state index contributed by atoms with van der Waals surface area (Å²) in [6, 6.07) is 0. The van der Waals surface area contributed by atoms with E-state index in [0.717, 1.165) is 23.2 Å². The first-order valence-corrected chi connectivity index (χ1v) is 5.94. The van der Waals surface area contributed by atoms with Gasteiger partial charge in [0.25, 0.3) is 0 Å². The Balaban J connectivity index is 2.41. The van der Waals surface area contributed by atoms with Crippen molar-refractivity contribution in [2.45, 2.75) is 19.6 Å². The number of ether oxygens (including phenoxy) is 1. The lowest BCUT2D eigenvalue weighted by Crippen LogP contribution is -2.16. The molecule has 0 aromatic heterocycles.